The van der Waals surface area contributed by atoms with Gasteiger partial charge < -0.3 is 9.84 Å². The van der Waals surface area contributed by atoms with Crippen molar-refractivity contribution in [2.45, 2.75) is 26.7 Å². The molecule has 0 saturated heterocycles. The molecular weight excluding hydrogens is 330 g/mol. The monoisotopic (exact) mass is 349 g/mol. The van der Waals surface area contributed by atoms with Crippen molar-refractivity contribution >= 4 is 17.4 Å². The summed E-state index contributed by atoms with van der Waals surface area (Å²) >= 11 is 0. The topological polar surface area (TPSA) is 85.1 Å². The van der Waals surface area contributed by atoms with Gasteiger partial charge in [0, 0.05) is 29.7 Å². The molecule has 2 aromatic carbocycles. The number of hydrogen-bond acceptors (Lipinski definition) is 5. The summed E-state index contributed by atoms with van der Waals surface area (Å²) in [4.78, 5) is 27.8. The SMILES string of the molecule is CC(=O)c1cccc(NC(=O)CCc2nc(-c3ccc(C)cc3)no2)c1. The molecule has 26 heavy (non-hydrogen) atoms. The molecule has 0 bridgehead atoms. The number of ketones is 1. The Morgan fingerprint density at radius 2 is 1.88 bits per heavy atom. The Kier molecular flexibility index (Phi) is 5.22. The highest BCUT2D eigenvalue weighted by atomic mass is 16.5. The van der Waals surface area contributed by atoms with E-state index in [2.05, 4.69) is 15.5 Å². The van der Waals surface area contributed by atoms with Crippen LogP contribution in [0, 0.1) is 6.92 Å². The van der Waals surface area contributed by atoms with Crippen LogP contribution in [0.1, 0.15) is 35.2 Å². The lowest BCUT2D eigenvalue weighted by molar-refractivity contribution is -0.116. The molecule has 1 aromatic heterocycles. The fourth-order valence-corrected chi connectivity index (χ4v) is 2.44. The molecule has 0 radical (unpaired) electrons. The fraction of sp³-hybridized carbons (Fsp3) is 0.200. The zero-order valence-corrected chi connectivity index (χ0v) is 14.7. The number of hydrogen-bond donors (Lipinski definition) is 1. The largest absolute Gasteiger partial charge is 0.339 e. The van der Waals surface area contributed by atoms with E-state index in [9.17, 15) is 9.59 Å². The Labute approximate surface area is 151 Å². The zero-order valence-electron chi connectivity index (χ0n) is 14.7. The van der Waals surface area contributed by atoms with Crippen LogP contribution in [0.2, 0.25) is 0 Å². The van der Waals surface area contributed by atoms with Crippen LogP contribution in [0.5, 0.6) is 0 Å². The van der Waals surface area contributed by atoms with Gasteiger partial charge in [-0.25, -0.2) is 0 Å². The summed E-state index contributed by atoms with van der Waals surface area (Å²) in [5, 5.41) is 6.72. The maximum Gasteiger partial charge on any atom is 0.227 e. The molecule has 6 nitrogen and oxygen atoms in total. The van der Waals surface area contributed by atoms with Crippen LogP contribution in [0.15, 0.2) is 53.1 Å². The number of nitrogens with zero attached hydrogens (tertiary/aromatic N) is 2. The number of Topliss-reactive ketones (excluding diaryl/α,β-unsaturated/α-hetero) is 1. The molecule has 0 aliphatic carbocycles. The summed E-state index contributed by atoms with van der Waals surface area (Å²) in [7, 11) is 0. The number of rotatable bonds is 6. The third-order valence-electron chi connectivity index (χ3n) is 3.90. The second-order valence-corrected chi connectivity index (χ2v) is 6.06. The average Bonchev–Trinajstić information content (AvgIpc) is 3.10. The van der Waals surface area contributed by atoms with Gasteiger partial charge in [0.05, 0.1) is 0 Å². The second kappa shape index (κ2) is 7.74. The van der Waals surface area contributed by atoms with Gasteiger partial charge in [0.2, 0.25) is 17.6 Å². The Morgan fingerprint density at radius 3 is 2.62 bits per heavy atom. The molecule has 1 N–H and O–H groups in total. The van der Waals surface area contributed by atoms with Gasteiger partial charge in [-0.05, 0) is 26.0 Å². The normalized spacial score (nSPS) is 10.5. The van der Waals surface area contributed by atoms with Crippen LogP contribution in [-0.2, 0) is 11.2 Å². The molecule has 1 heterocycles. The number of amides is 1. The summed E-state index contributed by atoms with van der Waals surface area (Å²) in [6.45, 7) is 3.50. The lowest BCUT2D eigenvalue weighted by Gasteiger charge is -2.05. The number of nitrogens with one attached hydrogen (secondary N) is 1. The van der Waals surface area contributed by atoms with Crippen molar-refractivity contribution in [1.29, 1.82) is 0 Å². The minimum atomic E-state index is -0.180. The van der Waals surface area contributed by atoms with Gasteiger partial charge in [-0.3, -0.25) is 9.59 Å². The minimum absolute atomic E-state index is 0.0457. The quantitative estimate of drug-likeness (QED) is 0.684. The first-order valence-corrected chi connectivity index (χ1v) is 8.32. The van der Waals surface area contributed by atoms with Gasteiger partial charge in [0.25, 0.3) is 0 Å². The van der Waals surface area contributed by atoms with E-state index in [-0.39, 0.29) is 18.1 Å². The number of anilines is 1. The minimum Gasteiger partial charge on any atom is -0.339 e. The Balaban J connectivity index is 1.57. The van der Waals surface area contributed by atoms with E-state index in [1.54, 1.807) is 24.3 Å². The second-order valence-electron chi connectivity index (χ2n) is 6.06. The molecule has 0 spiro atoms. The smallest absolute Gasteiger partial charge is 0.227 e. The van der Waals surface area contributed by atoms with Crippen LogP contribution in [0.3, 0.4) is 0 Å². The molecule has 0 aliphatic heterocycles. The van der Waals surface area contributed by atoms with Gasteiger partial charge in [0.15, 0.2) is 5.78 Å². The van der Waals surface area contributed by atoms with Gasteiger partial charge in [-0.2, -0.15) is 4.98 Å². The molecule has 0 fully saturated rings. The Hall–Kier alpha value is -3.28. The molecule has 132 valence electrons. The van der Waals surface area contributed by atoms with E-state index < -0.39 is 0 Å². The lowest BCUT2D eigenvalue weighted by Crippen LogP contribution is -2.12. The van der Waals surface area contributed by atoms with E-state index in [1.165, 1.54) is 6.92 Å². The predicted molar refractivity (Wildman–Crippen MR) is 97.9 cm³/mol. The van der Waals surface area contributed by atoms with Crippen molar-refractivity contribution in [3.8, 4) is 11.4 Å². The fourth-order valence-electron chi connectivity index (χ4n) is 2.44. The van der Waals surface area contributed by atoms with E-state index >= 15 is 0 Å². The molecule has 3 aromatic rings. The predicted octanol–water partition coefficient (Wildman–Crippen LogP) is 3.82. The highest BCUT2D eigenvalue weighted by Crippen LogP contribution is 2.17. The summed E-state index contributed by atoms with van der Waals surface area (Å²) in [5.41, 5.74) is 3.18. The van der Waals surface area contributed by atoms with E-state index in [0.717, 1.165) is 11.1 Å². The first-order chi connectivity index (χ1) is 12.5. The molecular formula is C20H19N3O3. The molecule has 1 amide bonds. The highest BCUT2D eigenvalue weighted by molar-refractivity contribution is 5.97. The maximum absolute atomic E-state index is 12.1. The van der Waals surface area contributed by atoms with Crippen LogP contribution in [0.25, 0.3) is 11.4 Å². The molecule has 0 atom stereocenters. The van der Waals surface area contributed by atoms with Crippen LogP contribution < -0.4 is 5.32 Å². The van der Waals surface area contributed by atoms with Crippen molar-refractivity contribution in [2.24, 2.45) is 0 Å². The van der Waals surface area contributed by atoms with Crippen LogP contribution >= 0.6 is 0 Å². The highest BCUT2D eigenvalue weighted by Gasteiger charge is 2.11. The molecule has 6 heteroatoms. The third kappa shape index (κ3) is 4.42. The molecule has 3 rings (SSSR count). The maximum atomic E-state index is 12.1. The molecule has 0 unspecified atom stereocenters. The Morgan fingerprint density at radius 1 is 1.12 bits per heavy atom. The Bertz CT molecular complexity index is 929. The number of benzene rings is 2. The van der Waals surface area contributed by atoms with Crippen molar-refractivity contribution in [1.82, 2.24) is 10.1 Å². The van der Waals surface area contributed by atoms with Crippen LogP contribution in [0.4, 0.5) is 5.69 Å². The van der Waals surface area contributed by atoms with Crippen LogP contribution in [-0.4, -0.2) is 21.8 Å². The number of aryl methyl sites for hydroxylation is 2. The number of aromatic nitrogens is 2. The number of carbonyl (C=O) groups excluding carboxylic acids is 2. The molecule has 0 aliphatic rings. The zero-order chi connectivity index (χ0) is 18.5. The molecule has 0 saturated carbocycles. The van der Waals surface area contributed by atoms with E-state index in [0.29, 0.717) is 29.4 Å². The summed E-state index contributed by atoms with van der Waals surface area (Å²) < 4.78 is 5.21. The van der Waals surface area contributed by atoms with E-state index in [4.69, 9.17) is 4.52 Å². The summed E-state index contributed by atoms with van der Waals surface area (Å²) in [5.74, 6) is 0.694. The van der Waals surface area contributed by atoms with Crippen molar-refractivity contribution in [3.63, 3.8) is 0 Å². The van der Waals surface area contributed by atoms with E-state index in [1.807, 2.05) is 31.2 Å². The summed E-state index contributed by atoms with van der Waals surface area (Å²) in [6, 6.07) is 14.7. The summed E-state index contributed by atoms with van der Waals surface area (Å²) in [6.07, 6.45) is 0.553. The first-order valence-electron chi connectivity index (χ1n) is 8.32. The average molecular weight is 349 g/mol. The third-order valence-corrected chi connectivity index (χ3v) is 3.90. The first kappa shape index (κ1) is 17.5. The van der Waals surface area contributed by atoms with Crippen molar-refractivity contribution in [2.75, 3.05) is 5.32 Å². The standard InChI is InChI=1S/C20H19N3O3/c1-13-6-8-15(9-7-13)20-22-19(26-23-20)11-10-18(25)21-17-5-3-4-16(12-17)14(2)24/h3-9,12H,10-11H2,1-2H3,(H,21,25). The van der Waals surface area contributed by atoms with Gasteiger partial charge in [-0.15, -0.1) is 0 Å². The number of carbonyl (C=O) groups is 2. The lowest BCUT2D eigenvalue weighted by atomic mass is 10.1. The van der Waals surface area contributed by atoms with Gasteiger partial charge in [0.1, 0.15) is 0 Å². The van der Waals surface area contributed by atoms with Crippen molar-refractivity contribution < 1.29 is 14.1 Å². The van der Waals surface area contributed by atoms with Crippen molar-refractivity contribution in [3.05, 3.63) is 65.5 Å². The van der Waals surface area contributed by atoms with Gasteiger partial charge in [-0.1, -0.05) is 47.1 Å². The van der Waals surface area contributed by atoms with Gasteiger partial charge >= 0.3 is 0 Å².